The van der Waals surface area contributed by atoms with E-state index in [-0.39, 0.29) is 18.0 Å². The van der Waals surface area contributed by atoms with Gasteiger partial charge in [0.15, 0.2) is 11.5 Å². The first-order chi connectivity index (χ1) is 16.4. The van der Waals surface area contributed by atoms with Gasteiger partial charge in [-0.2, -0.15) is 5.26 Å². The van der Waals surface area contributed by atoms with Gasteiger partial charge in [-0.3, -0.25) is 4.79 Å². The third-order valence-corrected chi connectivity index (χ3v) is 5.45. The van der Waals surface area contributed by atoms with E-state index in [9.17, 15) is 14.4 Å². The molecule has 0 aliphatic heterocycles. The van der Waals surface area contributed by atoms with Gasteiger partial charge in [0.1, 0.15) is 29.8 Å². The van der Waals surface area contributed by atoms with Gasteiger partial charge in [0.05, 0.1) is 17.3 Å². The summed E-state index contributed by atoms with van der Waals surface area (Å²) in [6, 6.07) is 18.3. The van der Waals surface area contributed by atoms with Gasteiger partial charge in [-0.25, -0.2) is 4.39 Å². The summed E-state index contributed by atoms with van der Waals surface area (Å²) in [6.07, 6.45) is 1.48. The highest BCUT2D eigenvalue weighted by Gasteiger charge is 2.14. The molecule has 3 aromatic rings. The van der Waals surface area contributed by atoms with E-state index in [4.69, 9.17) is 14.2 Å². The fraction of sp³-hybridized carbons (Fsp3) is 0.154. The number of hydrogen-bond acceptors (Lipinski definition) is 5. The summed E-state index contributed by atoms with van der Waals surface area (Å²) in [5.74, 6) is 0.815. The molecule has 8 heteroatoms. The third-order valence-electron chi connectivity index (χ3n) is 4.65. The Hall–Kier alpha value is -3.58. The predicted octanol–water partition coefficient (Wildman–Crippen LogP) is 5.96. The highest BCUT2D eigenvalue weighted by molar-refractivity contribution is 14.1. The number of methoxy groups -OCH3 is 1. The van der Waals surface area contributed by atoms with Gasteiger partial charge in [0.25, 0.3) is 5.91 Å². The Balaban J connectivity index is 1.77. The van der Waals surface area contributed by atoms with Gasteiger partial charge >= 0.3 is 0 Å². The van der Waals surface area contributed by atoms with E-state index in [2.05, 4.69) is 27.9 Å². The van der Waals surface area contributed by atoms with Crippen molar-refractivity contribution in [1.29, 1.82) is 5.26 Å². The van der Waals surface area contributed by atoms with E-state index in [0.29, 0.717) is 35.1 Å². The number of amides is 1. The molecule has 0 aromatic heterocycles. The highest BCUT2D eigenvalue weighted by atomic mass is 127. The number of carbonyl (C=O) groups excluding carboxylic acids is 1. The van der Waals surface area contributed by atoms with Crippen molar-refractivity contribution in [2.75, 3.05) is 19.0 Å². The molecule has 0 aliphatic carbocycles. The van der Waals surface area contributed by atoms with Crippen LogP contribution in [0.2, 0.25) is 0 Å². The molecule has 0 atom stereocenters. The molecule has 1 N–H and O–H groups in total. The zero-order chi connectivity index (χ0) is 24.5. The van der Waals surface area contributed by atoms with Gasteiger partial charge in [-0.1, -0.05) is 12.1 Å². The molecule has 1 amide bonds. The SMILES string of the molecule is CCOc1ccc(NC(=O)/C(C#N)=C\c2cc(I)c(OCc3ccc(F)cc3)c(OC)c2)cc1. The summed E-state index contributed by atoms with van der Waals surface area (Å²) < 4.78 is 30.6. The van der Waals surface area contributed by atoms with Crippen molar-refractivity contribution >= 4 is 40.3 Å². The molecule has 0 aliphatic rings. The smallest absolute Gasteiger partial charge is 0.266 e. The molecule has 0 unspecified atom stereocenters. The molecule has 0 bridgehead atoms. The first-order valence-corrected chi connectivity index (χ1v) is 11.4. The maximum Gasteiger partial charge on any atom is 0.266 e. The first kappa shape index (κ1) is 25.1. The molecular weight excluding hydrogens is 550 g/mol. The Morgan fingerprint density at radius 3 is 2.44 bits per heavy atom. The molecule has 3 aromatic carbocycles. The number of rotatable bonds is 9. The van der Waals surface area contributed by atoms with Gasteiger partial charge in [-0.05, 0) is 95.2 Å². The first-order valence-electron chi connectivity index (χ1n) is 10.3. The average molecular weight is 572 g/mol. The predicted molar refractivity (Wildman–Crippen MR) is 136 cm³/mol. The second kappa shape index (κ2) is 12.0. The number of hydrogen-bond donors (Lipinski definition) is 1. The fourth-order valence-electron chi connectivity index (χ4n) is 3.01. The van der Waals surface area contributed by atoms with Gasteiger partial charge in [-0.15, -0.1) is 0 Å². The van der Waals surface area contributed by atoms with E-state index >= 15 is 0 Å². The molecule has 0 spiro atoms. The molecule has 6 nitrogen and oxygen atoms in total. The number of ether oxygens (including phenoxy) is 3. The monoisotopic (exact) mass is 572 g/mol. The van der Waals surface area contributed by atoms with Gasteiger partial charge in [0, 0.05) is 5.69 Å². The normalized spacial score (nSPS) is 10.9. The second-order valence-electron chi connectivity index (χ2n) is 7.03. The summed E-state index contributed by atoms with van der Waals surface area (Å²) in [6.45, 7) is 2.67. The van der Waals surface area contributed by atoms with Crippen LogP contribution >= 0.6 is 22.6 Å². The topological polar surface area (TPSA) is 80.6 Å². The van der Waals surface area contributed by atoms with E-state index in [1.54, 1.807) is 48.5 Å². The summed E-state index contributed by atoms with van der Waals surface area (Å²) in [5, 5.41) is 12.3. The van der Waals surface area contributed by atoms with Crippen molar-refractivity contribution in [2.24, 2.45) is 0 Å². The Labute approximate surface area is 211 Å². The zero-order valence-electron chi connectivity index (χ0n) is 18.6. The number of benzene rings is 3. The van der Waals surface area contributed by atoms with Gasteiger partial charge < -0.3 is 19.5 Å². The third kappa shape index (κ3) is 6.71. The molecule has 34 heavy (non-hydrogen) atoms. The number of nitrogens with one attached hydrogen (secondary N) is 1. The van der Waals surface area contributed by atoms with Crippen LogP contribution < -0.4 is 19.5 Å². The van der Waals surface area contributed by atoms with E-state index in [1.165, 1.54) is 25.3 Å². The van der Waals surface area contributed by atoms with Crippen molar-refractivity contribution in [3.05, 3.63) is 86.8 Å². The quantitative estimate of drug-likeness (QED) is 0.195. The number of nitriles is 1. The second-order valence-corrected chi connectivity index (χ2v) is 8.19. The molecule has 174 valence electrons. The van der Waals surface area contributed by atoms with Crippen LogP contribution in [0, 0.1) is 20.7 Å². The van der Waals surface area contributed by atoms with Crippen molar-refractivity contribution in [1.82, 2.24) is 0 Å². The van der Waals surface area contributed by atoms with Crippen LogP contribution in [0.1, 0.15) is 18.1 Å². The molecule has 0 radical (unpaired) electrons. The minimum Gasteiger partial charge on any atom is -0.494 e. The molecular formula is C26H22FIN2O4. The lowest BCUT2D eigenvalue weighted by atomic mass is 10.1. The molecule has 0 saturated carbocycles. The average Bonchev–Trinajstić information content (AvgIpc) is 2.84. The molecule has 0 saturated heterocycles. The molecule has 0 heterocycles. The number of carbonyl (C=O) groups is 1. The minimum absolute atomic E-state index is 0.0632. The zero-order valence-corrected chi connectivity index (χ0v) is 20.8. The maximum atomic E-state index is 13.1. The van der Waals surface area contributed by atoms with Crippen molar-refractivity contribution in [3.63, 3.8) is 0 Å². The van der Waals surface area contributed by atoms with E-state index < -0.39 is 5.91 Å². The van der Waals surface area contributed by atoms with Crippen LogP contribution in [0.15, 0.2) is 66.2 Å². The summed E-state index contributed by atoms with van der Waals surface area (Å²) in [4.78, 5) is 12.6. The largest absolute Gasteiger partial charge is 0.494 e. The van der Waals surface area contributed by atoms with Crippen LogP contribution in [0.4, 0.5) is 10.1 Å². The summed E-state index contributed by atoms with van der Waals surface area (Å²) in [5.41, 5.74) is 1.90. The Morgan fingerprint density at radius 1 is 1.12 bits per heavy atom. The number of nitrogens with zero attached hydrogens (tertiary/aromatic N) is 1. The van der Waals surface area contributed by atoms with Gasteiger partial charge in [0.2, 0.25) is 0 Å². The minimum atomic E-state index is -0.530. The van der Waals surface area contributed by atoms with Crippen LogP contribution in [0.3, 0.4) is 0 Å². The summed E-state index contributed by atoms with van der Waals surface area (Å²) in [7, 11) is 1.51. The van der Waals surface area contributed by atoms with Crippen LogP contribution in [0.5, 0.6) is 17.2 Å². The molecule has 3 rings (SSSR count). The Morgan fingerprint density at radius 2 is 1.82 bits per heavy atom. The van der Waals surface area contributed by atoms with E-state index in [0.717, 1.165) is 9.13 Å². The Kier molecular flexibility index (Phi) is 8.87. The van der Waals surface area contributed by atoms with Crippen molar-refractivity contribution < 1.29 is 23.4 Å². The molecule has 0 fully saturated rings. The lowest BCUT2D eigenvalue weighted by molar-refractivity contribution is -0.112. The Bertz CT molecular complexity index is 1220. The standard InChI is InChI=1S/C26H22FIN2O4/c1-3-33-22-10-8-21(9-11-22)30-26(31)19(15-29)12-18-13-23(28)25(24(14-18)32-2)34-16-17-4-6-20(27)7-5-17/h4-14H,3,16H2,1-2H3,(H,30,31)/b19-12-. The lowest BCUT2D eigenvalue weighted by Gasteiger charge is -2.14. The fourth-order valence-corrected chi connectivity index (χ4v) is 3.80. The van der Waals surface area contributed by atoms with Crippen LogP contribution in [0.25, 0.3) is 6.08 Å². The van der Waals surface area contributed by atoms with Crippen LogP contribution in [-0.4, -0.2) is 19.6 Å². The van der Waals surface area contributed by atoms with Crippen LogP contribution in [-0.2, 0) is 11.4 Å². The van der Waals surface area contributed by atoms with Crippen molar-refractivity contribution in [3.8, 4) is 23.3 Å². The number of halogens is 2. The maximum absolute atomic E-state index is 13.1. The lowest BCUT2D eigenvalue weighted by Crippen LogP contribution is -2.13. The number of anilines is 1. The highest BCUT2D eigenvalue weighted by Crippen LogP contribution is 2.35. The van der Waals surface area contributed by atoms with E-state index in [1.807, 2.05) is 13.0 Å². The summed E-state index contributed by atoms with van der Waals surface area (Å²) >= 11 is 2.10. The van der Waals surface area contributed by atoms with Crippen molar-refractivity contribution in [2.45, 2.75) is 13.5 Å².